The molecular weight excluding hydrogens is 472 g/mol. The van der Waals surface area contributed by atoms with Gasteiger partial charge in [-0.05, 0) is 44.8 Å². The highest BCUT2D eigenvalue weighted by Gasteiger charge is 2.62. The average molecular weight is 503 g/mol. The lowest BCUT2D eigenvalue weighted by Gasteiger charge is -2.24. The molecule has 2 atom stereocenters. The van der Waals surface area contributed by atoms with Gasteiger partial charge < -0.3 is 15.0 Å². The highest BCUT2D eigenvalue weighted by molar-refractivity contribution is 9.10. The predicted molar refractivity (Wildman–Crippen MR) is 130 cm³/mol. The molecule has 2 aliphatic rings. The smallest absolute Gasteiger partial charge is 0.292 e. The zero-order chi connectivity index (χ0) is 23.3. The second-order valence-corrected chi connectivity index (χ2v) is 9.07. The molecule has 0 amide bonds. The predicted octanol–water partition coefficient (Wildman–Crippen LogP) is 4.41. The van der Waals surface area contributed by atoms with Crippen molar-refractivity contribution in [2.24, 2.45) is 17.3 Å². The Hall–Kier alpha value is -2.68. The molecule has 0 bridgehead atoms. The molecule has 5 rings (SSSR count). The molecule has 1 saturated carbocycles. The number of anilines is 2. The number of nitrogens with zero attached hydrogens (tertiary/aromatic N) is 5. The third-order valence-corrected chi connectivity index (χ3v) is 6.71. The number of carbonyl (C=O) groups is 1. The normalized spacial score (nSPS) is 19.8. The number of aromatic nitrogens is 4. The Balaban J connectivity index is 0.000000437. The number of pyridine rings is 1. The van der Waals surface area contributed by atoms with Gasteiger partial charge in [0.15, 0.2) is 5.65 Å². The molecule has 9 heteroatoms. The van der Waals surface area contributed by atoms with Gasteiger partial charge in [0.1, 0.15) is 11.6 Å². The maximum atomic E-state index is 8.95. The van der Waals surface area contributed by atoms with Gasteiger partial charge in [-0.2, -0.15) is 9.61 Å². The molecular formula is C23H31BrN6O2. The lowest BCUT2D eigenvalue weighted by Crippen LogP contribution is -2.27. The van der Waals surface area contributed by atoms with E-state index in [-0.39, 0.29) is 0 Å². The van der Waals surface area contributed by atoms with Crippen molar-refractivity contribution in [3.63, 3.8) is 0 Å². The molecule has 0 spiro atoms. The number of carbonyl (C=O) groups excluding carboxylic acids is 1. The Labute approximate surface area is 197 Å². The van der Waals surface area contributed by atoms with Crippen LogP contribution in [0.15, 0.2) is 41.3 Å². The van der Waals surface area contributed by atoms with Crippen molar-refractivity contribution in [2.45, 2.75) is 34.2 Å². The van der Waals surface area contributed by atoms with Crippen molar-refractivity contribution < 1.29 is 9.53 Å². The largest absolute Gasteiger partial charge is 0.471 e. The van der Waals surface area contributed by atoms with E-state index in [1.54, 1.807) is 12.4 Å². The first kappa shape index (κ1) is 24.0. The van der Waals surface area contributed by atoms with Crippen molar-refractivity contribution >= 4 is 39.7 Å². The van der Waals surface area contributed by atoms with Crippen LogP contribution in [0.1, 0.15) is 33.3 Å². The van der Waals surface area contributed by atoms with Crippen molar-refractivity contribution in [1.82, 2.24) is 19.6 Å². The van der Waals surface area contributed by atoms with Crippen LogP contribution in [0.4, 0.5) is 11.6 Å². The molecule has 1 aliphatic carbocycles. The van der Waals surface area contributed by atoms with E-state index < -0.39 is 0 Å². The minimum atomic E-state index is 0.375. The van der Waals surface area contributed by atoms with Crippen LogP contribution in [-0.4, -0.2) is 46.3 Å². The van der Waals surface area contributed by atoms with Gasteiger partial charge in [-0.3, -0.25) is 9.78 Å². The zero-order valence-electron chi connectivity index (χ0n) is 19.2. The maximum Gasteiger partial charge on any atom is 0.292 e. The summed E-state index contributed by atoms with van der Waals surface area (Å²) in [5.41, 5.74) is 2.48. The number of hydrogen-bond acceptors (Lipinski definition) is 7. The number of rotatable bonds is 5. The Morgan fingerprint density at radius 3 is 2.56 bits per heavy atom. The van der Waals surface area contributed by atoms with E-state index in [9.17, 15) is 0 Å². The van der Waals surface area contributed by atoms with E-state index in [0.717, 1.165) is 52.2 Å². The van der Waals surface area contributed by atoms with Crippen LogP contribution in [0.25, 0.3) is 5.65 Å². The van der Waals surface area contributed by atoms with E-state index in [1.807, 2.05) is 30.6 Å². The first-order valence-electron chi connectivity index (χ1n) is 10.8. The minimum absolute atomic E-state index is 0.375. The Bertz CT molecular complexity index is 1030. The summed E-state index contributed by atoms with van der Waals surface area (Å²) in [5.74, 6) is 3.55. The highest BCUT2D eigenvalue weighted by Crippen LogP contribution is 2.62. The van der Waals surface area contributed by atoms with Crippen LogP contribution >= 0.6 is 15.9 Å². The van der Waals surface area contributed by atoms with Crippen LogP contribution in [0.3, 0.4) is 0 Å². The Kier molecular flexibility index (Phi) is 7.71. The molecule has 1 saturated heterocycles. The first-order chi connectivity index (χ1) is 15.5. The number of fused-ring (bicyclic) bond motifs is 2. The van der Waals surface area contributed by atoms with Crippen molar-refractivity contribution in [1.29, 1.82) is 0 Å². The van der Waals surface area contributed by atoms with Gasteiger partial charge in [0.2, 0.25) is 0 Å². The third kappa shape index (κ3) is 4.87. The number of piperidine rings is 1. The summed E-state index contributed by atoms with van der Waals surface area (Å²) in [4.78, 5) is 20.4. The quantitative estimate of drug-likeness (QED) is 0.517. The molecule has 8 nitrogen and oxygen atoms in total. The lowest BCUT2D eigenvalue weighted by atomic mass is 10.1. The van der Waals surface area contributed by atoms with Gasteiger partial charge in [0, 0.05) is 38.1 Å². The number of nitrogens with one attached hydrogen (secondary N) is 1. The van der Waals surface area contributed by atoms with E-state index in [4.69, 9.17) is 9.78 Å². The van der Waals surface area contributed by atoms with E-state index in [0.29, 0.717) is 18.4 Å². The van der Waals surface area contributed by atoms with Gasteiger partial charge >= 0.3 is 0 Å². The second kappa shape index (κ2) is 10.3. The summed E-state index contributed by atoms with van der Waals surface area (Å²) in [5, 5.41) is 7.95. The Morgan fingerprint density at radius 2 is 1.97 bits per heavy atom. The standard InChI is InChI=1S/C19H21BrN6.C2H4O2.C2H6/c1-19(2)13-10-25(11-14(13)19)17-6-16(22-8-12-4-3-5-21-7-12)26-18(24-17)15(20)9-23-26;1-4-2-3;1-2/h3-7,9,13-14,22H,8,10-11H2,1-2H3;2H,1H3;1-2H3. The number of hydrogen-bond donors (Lipinski definition) is 1. The molecule has 0 radical (unpaired) electrons. The molecule has 172 valence electrons. The van der Waals surface area contributed by atoms with E-state index in [1.165, 1.54) is 7.11 Å². The molecule has 32 heavy (non-hydrogen) atoms. The summed E-state index contributed by atoms with van der Waals surface area (Å²) >= 11 is 3.58. The maximum absolute atomic E-state index is 8.95. The van der Waals surface area contributed by atoms with Crippen LogP contribution in [-0.2, 0) is 16.1 Å². The van der Waals surface area contributed by atoms with Gasteiger partial charge in [0.05, 0.1) is 17.8 Å². The van der Waals surface area contributed by atoms with Crippen LogP contribution < -0.4 is 10.2 Å². The SMILES string of the molecule is CC.CC1(C)C2CN(c3cc(NCc4cccnc4)n4ncc(Br)c4n3)CC21.COC=O. The molecule has 3 aromatic heterocycles. The fourth-order valence-corrected chi connectivity index (χ4v) is 4.57. The summed E-state index contributed by atoms with van der Waals surface area (Å²) in [6, 6.07) is 6.13. The minimum Gasteiger partial charge on any atom is -0.471 e. The van der Waals surface area contributed by atoms with Crippen LogP contribution in [0.2, 0.25) is 0 Å². The van der Waals surface area contributed by atoms with E-state index >= 15 is 0 Å². The number of ether oxygens (including phenoxy) is 1. The Morgan fingerprint density at radius 1 is 1.28 bits per heavy atom. The molecule has 2 unspecified atom stereocenters. The zero-order valence-corrected chi connectivity index (χ0v) is 20.8. The highest BCUT2D eigenvalue weighted by atomic mass is 79.9. The van der Waals surface area contributed by atoms with Crippen molar-refractivity contribution in [3.8, 4) is 0 Å². The fourth-order valence-electron chi connectivity index (χ4n) is 4.23. The molecule has 1 aliphatic heterocycles. The van der Waals surface area contributed by atoms with Gasteiger partial charge in [-0.25, -0.2) is 4.98 Å². The van der Waals surface area contributed by atoms with Crippen molar-refractivity contribution in [2.75, 3.05) is 30.4 Å². The van der Waals surface area contributed by atoms with Crippen molar-refractivity contribution in [3.05, 3.63) is 46.8 Å². The number of methoxy groups -OCH3 is 1. The molecule has 0 aromatic carbocycles. The van der Waals surface area contributed by atoms with Gasteiger partial charge in [-0.15, -0.1) is 0 Å². The topological polar surface area (TPSA) is 84.7 Å². The summed E-state index contributed by atoms with van der Waals surface area (Å²) < 4.78 is 6.62. The summed E-state index contributed by atoms with van der Waals surface area (Å²) in [7, 11) is 1.31. The molecule has 3 aromatic rings. The molecule has 2 fully saturated rings. The summed E-state index contributed by atoms with van der Waals surface area (Å²) in [6.45, 7) is 12.0. The fraction of sp³-hybridized carbons (Fsp3) is 0.478. The first-order valence-corrected chi connectivity index (χ1v) is 11.6. The number of halogens is 1. The van der Waals surface area contributed by atoms with E-state index in [2.05, 4.69) is 66.9 Å². The molecule has 4 heterocycles. The molecule has 1 N–H and O–H groups in total. The van der Waals surface area contributed by atoms with Gasteiger partial charge in [-0.1, -0.05) is 33.8 Å². The third-order valence-electron chi connectivity index (χ3n) is 6.15. The van der Waals surface area contributed by atoms with Crippen LogP contribution in [0, 0.1) is 17.3 Å². The lowest BCUT2D eigenvalue weighted by molar-refractivity contribution is -0.126. The average Bonchev–Trinajstić information content (AvgIpc) is 3.22. The summed E-state index contributed by atoms with van der Waals surface area (Å²) in [6.07, 6.45) is 5.46. The second-order valence-electron chi connectivity index (χ2n) is 8.21. The van der Waals surface area contributed by atoms with Crippen LogP contribution in [0.5, 0.6) is 0 Å². The van der Waals surface area contributed by atoms with Gasteiger partial charge in [0.25, 0.3) is 6.47 Å². The monoisotopic (exact) mass is 502 g/mol.